The number of halogens is 2. The molecule has 1 aliphatic rings. The molecule has 2 N–H and O–H groups in total. The second-order valence-corrected chi connectivity index (χ2v) is 5.95. The Kier molecular flexibility index (Phi) is 6.45. The van der Waals surface area contributed by atoms with E-state index in [1.165, 1.54) is 0 Å². The average molecular weight is 356 g/mol. The van der Waals surface area contributed by atoms with Gasteiger partial charge in [0.05, 0.1) is 0 Å². The molecule has 2 heterocycles. The zero-order valence-corrected chi connectivity index (χ0v) is 14.1. The van der Waals surface area contributed by atoms with Crippen molar-refractivity contribution >= 4 is 29.9 Å². The summed E-state index contributed by atoms with van der Waals surface area (Å²) in [6.45, 7) is 2.68. The van der Waals surface area contributed by atoms with Gasteiger partial charge in [-0.1, -0.05) is 28.9 Å². The number of hydrogen-bond acceptors (Lipinski definition) is 4. The molecular weight excluding hydrogens is 337 g/mol. The maximum atomic E-state index is 12.1. The fourth-order valence-corrected chi connectivity index (χ4v) is 2.78. The summed E-state index contributed by atoms with van der Waals surface area (Å²) in [6, 6.07) is 8.89. The first-order valence-electron chi connectivity index (χ1n) is 7.44. The van der Waals surface area contributed by atoms with Crippen LogP contribution in [-0.4, -0.2) is 30.7 Å². The monoisotopic (exact) mass is 355 g/mol. The predicted octanol–water partition coefficient (Wildman–Crippen LogP) is 3.15. The van der Waals surface area contributed by atoms with E-state index in [0.717, 1.165) is 31.5 Å². The van der Waals surface area contributed by atoms with Crippen LogP contribution in [0.5, 0.6) is 0 Å². The minimum atomic E-state index is -0.206. The lowest BCUT2D eigenvalue weighted by atomic mass is 10.00. The highest BCUT2D eigenvalue weighted by Gasteiger charge is 2.17. The van der Waals surface area contributed by atoms with Crippen molar-refractivity contribution in [3.63, 3.8) is 0 Å². The predicted molar refractivity (Wildman–Crippen MR) is 92.1 cm³/mol. The smallest absolute Gasteiger partial charge is 0.273 e. The second kappa shape index (κ2) is 8.34. The fourth-order valence-electron chi connectivity index (χ4n) is 2.59. The number of carbonyl (C=O) groups excluding carboxylic acids is 1. The summed E-state index contributed by atoms with van der Waals surface area (Å²) >= 11 is 5.95. The zero-order chi connectivity index (χ0) is 15.4. The van der Waals surface area contributed by atoms with E-state index in [-0.39, 0.29) is 18.3 Å². The van der Waals surface area contributed by atoms with Crippen LogP contribution in [0.1, 0.15) is 23.3 Å². The summed E-state index contributed by atoms with van der Waals surface area (Å²) in [6.07, 6.45) is 2.29. The van der Waals surface area contributed by atoms with E-state index in [4.69, 9.17) is 16.1 Å². The first kappa shape index (κ1) is 17.8. The van der Waals surface area contributed by atoms with Crippen LogP contribution in [0.2, 0.25) is 5.02 Å². The number of piperidine rings is 1. The summed E-state index contributed by atoms with van der Waals surface area (Å²) in [7, 11) is 0. The van der Waals surface area contributed by atoms with Crippen LogP contribution in [0, 0.1) is 5.92 Å². The Morgan fingerprint density at radius 2 is 2.30 bits per heavy atom. The summed E-state index contributed by atoms with van der Waals surface area (Å²) in [5, 5.41) is 10.7. The molecule has 1 fully saturated rings. The number of amides is 1. The topological polar surface area (TPSA) is 67.2 Å². The summed E-state index contributed by atoms with van der Waals surface area (Å²) in [5.74, 6) is 0.812. The van der Waals surface area contributed by atoms with Gasteiger partial charge in [-0.25, -0.2) is 0 Å². The third-order valence-corrected chi connectivity index (χ3v) is 4.04. The number of carbonyl (C=O) groups is 1. The molecule has 1 aromatic carbocycles. The fraction of sp³-hybridized carbons (Fsp3) is 0.375. The van der Waals surface area contributed by atoms with Crippen LogP contribution < -0.4 is 10.6 Å². The van der Waals surface area contributed by atoms with Crippen LogP contribution in [0.25, 0.3) is 11.3 Å². The standard InChI is InChI=1S/C16H18ClN3O2.ClH/c17-13-5-1-4-12(7-13)15-8-14(20-22-15)16(21)19-10-11-3-2-6-18-9-11;/h1,4-5,7-8,11,18H,2-3,6,9-10H2,(H,19,21);1H. The number of aromatic nitrogens is 1. The average Bonchev–Trinajstić information content (AvgIpc) is 3.04. The lowest BCUT2D eigenvalue weighted by Crippen LogP contribution is -2.38. The first-order valence-corrected chi connectivity index (χ1v) is 7.82. The Balaban J connectivity index is 0.00000192. The summed E-state index contributed by atoms with van der Waals surface area (Å²) in [5.41, 5.74) is 1.09. The van der Waals surface area contributed by atoms with Gasteiger partial charge < -0.3 is 15.2 Å². The third kappa shape index (κ3) is 4.70. The van der Waals surface area contributed by atoms with Crippen LogP contribution in [-0.2, 0) is 0 Å². The molecule has 0 saturated carbocycles. The molecule has 0 spiro atoms. The molecule has 1 saturated heterocycles. The third-order valence-electron chi connectivity index (χ3n) is 3.80. The minimum Gasteiger partial charge on any atom is -0.355 e. The molecule has 3 rings (SSSR count). The van der Waals surface area contributed by atoms with E-state index in [1.54, 1.807) is 18.2 Å². The molecule has 1 aliphatic heterocycles. The van der Waals surface area contributed by atoms with Crippen LogP contribution >= 0.6 is 24.0 Å². The van der Waals surface area contributed by atoms with Gasteiger partial charge in [0, 0.05) is 23.2 Å². The lowest BCUT2D eigenvalue weighted by Gasteiger charge is -2.22. The van der Waals surface area contributed by atoms with Gasteiger partial charge in [0.25, 0.3) is 5.91 Å². The van der Waals surface area contributed by atoms with Gasteiger partial charge in [0.1, 0.15) is 0 Å². The zero-order valence-electron chi connectivity index (χ0n) is 12.5. The number of nitrogens with zero attached hydrogens (tertiary/aromatic N) is 1. The van der Waals surface area contributed by atoms with Gasteiger partial charge in [-0.3, -0.25) is 4.79 Å². The summed E-state index contributed by atoms with van der Waals surface area (Å²) < 4.78 is 5.24. The first-order chi connectivity index (χ1) is 10.7. The Morgan fingerprint density at radius 3 is 3.04 bits per heavy atom. The second-order valence-electron chi connectivity index (χ2n) is 5.51. The van der Waals surface area contributed by atoms with Gasteiger partial charge in [0.2, 0.25) is 0 Å². The van der Waals surface area contributed by atoms with E-state index in [1.807, 2.05) is 12.1 Å². The highest BCUT2D eigenvalue weighted by Crippen LogP contribution is 2.23. The van der Waals surface area contributed by atoms with E-state index in [9.17, 15) is 4.79 Å². The van der Waals surface area contributed by atoms with Crippen molar-refractivity contribution in [2.75, 3.05) is 19.6 Å². The van der Waals surface area contributed by atoms with E-state index in [0.29, 0.717) is 28.9 Å². The SMILES string of the molecule is Cl.O=C(NCC1CCCNC1)c1cc(-c2cccc(Cl)c2)on1. The molecule has 1 unspecified atom stereocenters. The Hall–Kier alpha value is -1.56. The van der Waals surface area contributed by atoms with Crippen molar-refractivity contribution in [2.45, 2.75) is 12.8 Å². The molecule has 23 heavy (non-hydrogen) atoms. The van der Waals surface area contributed by atoms with E-state index >= 15 is 0 Å². The van der Waals surface area contributed by atoms with Crippen molar-refractivity contribution in [1.82, 2.24) is 15.8 Å². The van der Waals surface area contributed by atoms with Gasteiger partial charge in [0.15, 0.2) is 11.5 Å². The molecular formula is C16H19Cl2N3O2. The van der Waals surface area contributed by atoms with Gasteiger partial charge in [-0.2, -0.15) is 0 Å². The normalized spacial score (nSPS) is 17.3. The Labute approximate surface area is 146 Å². The van der Waals surface area contributed by atoms with Crippen molar-refractivity contribution in [3.8, 4) is 11.3 Å². The van der Waals surface area contributed by atoms with Gasteiger partial charge in [-0.15, -0.1) is 12.4 Å². The maximum absolute atomic E-state index is 12.1. The van der Waals surface area contributed by atoms with E-state index < -0.39 is 0 Å². The maximum Gasteiger partial charge on any atom is 0.273 e. The van der Waals surface area contributed by atoms with Crippen molar-refractivity contribution in [1.29, 1.82) is 0 Å². The number of hydrogen-bond donors (Lipinski definition) is 2. The molecule has 1 atom stereocenters. The number of rotatable bonds is 4. The molecule has 1 amide bonds. The lowest BCUT2D eigenvalue weighted by molar-refractivity contribution is 0.0936. The highest BCUT2D eigenvalue weighted by molar-refractivity contribution is 6.30. The van der Waals surface area contributed by atoms with E-state index in [2.05, 4.69) is 15.8 Å². The van der Waals surface area contributed by atoms with Crippen LogP contribution in [0.4, 0.5) is 0 Å². The minimum absolute atomic E-state index is 0. The molecule has 0 aliphatic carbocycles. The van der Waals surface area contributed by atoms with Crippen LogP contribution in [0.3, 0.4) is 0 Å². The Morgan fingerprint density at radius 1 is 1.43 bits per heavy atom. The Bertz CT molecular complexity index is 654. The number of benzene rings is 1. The van der Waals surface area contributed by atoms with Crippen LogP contribution in [0.15, 0.2) is 34.9 Å². The van der Waals surface area contributed by atoms with Crippen molar-refractivity contribution < 1.29 is 9.32 Å². The molecule has 7 heteroatoms. The molecule has 0 radical (unpaired) electrons. The molecule has 0 bridgehead atoms. The van der Waals surface area contributed by atoms with Crippen molar-refractivity contribution in [2.24, 2.45) is 5.92 Å². The molecule has 2 aromatic rings. The quantitative estimate of drug-likeness (QED) is 0.883. The molecule has 5 nitrogen and oxygen atoms in total. The number of nitrogens with one attached hydrogen (secondary N) is 2. The molecule has 124 valence electrons. The highest BCUT2D eigenvalue weighted by atomic mass is 35.5. The largest absolute Gasteiger partial charge is 0.355 e. The van der Waals surface area contributed by atoms with Crippen molar-refractivity contribution in [3.05, 3.63) is 41.0 Å². The van der Waals surface area contributed by atoms with Gasteiger partial charge in [-0.05, 0) is 44.0 Å². The van der Waals surface area contributed by atoms with Gasteiger partial charge >= 0.3 is 0 Å². The summed E-state index contributed by atoms with van der Waals surface area (Å²) in [4.78, 5) is 12.1. The molecule has 1 aromatic heterocycles.